The molecule has 3 N–H and O–H groups in total. The molecule has 1 aromatic carbocycles. The summed E-state index contributed by atoms with van der Waals surface area (Å²) in [6, 6.07) is 2.09. The molecule has 0 saturated carbocycles. The predicted octanol–water partition coefficient (Wildman–Crippen LogP) is 7.70. The summed E-state index contributed by atoms with van der Waals surface area (Å²) in [5.74, 6) is -19.2. The second-order valence-corrected chi connectivity index (χ2v) is 10.7. The van der Waals surface area contributed by atoms with E-state index in [2.05, 4.69) is 0 Å². The van der Waals surface area contributed by atoms with E-state index in [0.717, 1.165) is 0 Å². The van der Waals surface area contributed by atoms with Crippen LogP contribution >= 0.6 is 0 Å². The predicted molar refractivity (Wildman–Crippen MR) is 104 cm³/mol. The Morgan fingerprint density at radius 1 is 0.581 bits per heavy atom. The molecule has 182 valence electrons. The normalized spacial score (nSPS) is 12.2. The van der Waals surface area contributed by atoms with Crippen molar-refractivity contribution in [3.8, 4) is 0 Å². The molecule has 0 atom stereocenters. The average Bonchev–Trinajstić information content (AvgIpc) is 2.84. The SMILES string of the molecule is CC(C)[NH-].CC(C)[NH-].CC(C)[NH-].FC(F)(F)[Si]([c-]1cccc1)(C(F)(F)F)C(F)(F)F.[Hf+4]. The van der Waals surface area contributed by atoms with Gasteiger partial charge in [0, 0.05) is 0 Å². The van der Waals surface area contributed by atoms with E-state index in [4.69, 9.17) is 17.2 Å². The van der Waals surface area contributed by atoms with Gasteiger partial charge < -0.3 is 17.2 Å². The monoisotopic (exact) mass is 653 g/mol. The summed E-state index contributed by atoms with van der Waals surface area (Å²) in [5, 5.41) is -1.75. The molecule has 1 aromatic rings. The number of hydrogen-bond acceptors (Lipinski definition) is 0. The number of hydrogen-bond donors (Lipinski definition) is 0. The van der Waals surface area contributed by atoms with Crippen molar-refractivity contribution >= 4 is 13.3 Å². The fraction of sp³-hybridized carbons (Fsp3) is 0.706. The molecule has 0 aliphatic carbocycles. The minimum atomic E-state index is -7.72. The van der Waals surface area contributed by atoms with Gasteiger partial charge in [-0.1, -0.05) is 41.5 Å². The third kappa shape index (κ3) is 14.4. The zero-order valence-corrected chi connectivity index (χ0v) is 22.5. The molecule has 0 radical (unpaired) electrons. The summed E-state index contributed by atoms with van der Waals surface area (Å²) in [5.41, 5.74) is 19.8. The molecule has 0 aromatic heterocycles. The van der Waals surface area contributed by atoms with Crippen molar-refractivity contribution in [1.82, 2.24) is 0 Å². The molecule has 0 bridgehead atoms. The van der Waals surface area contributed by atoms with E-state index in [9.17, 15) is 39.5 Å². The quantitative estimate of drug-likeness (QED) is 0.170. The Morgan fingerprint density at radius 2 is 0.742 bits per heavy atom. The van der Waals surface area contributed by atoms with Crippen molar-refractivity contribution in [2.75, 3.05) is 0 Å². The fourth-order valence-corrected chi connectivity index (χ4v) is 4.24. The summed E-state index contributed by atoms with van der Waals surface area (Å²) in [6.07, 6.45) is 0. The standard InChI is InChI=1S/C8H4F9Si.3C3H8N.Hf/c9-6(10,11)18(7(12,13)14,8(15,16)17)5-3-1-2-4-5;3*1-3(2)4;/h1-4H;3*3-4H,1-2H3;/q4*-1;+4. The van der Waals surface area contributed by atoms with Crippen molar-refractivity contribution in [2.24, 2.45) is 0 Å². The number of alkyl halides is 9. The molecular weight excluding hydrogens is 624 g/mol. The van der Waals surface area contributed by atoms with Crippen molar-refractivity contribution in [1.29, 1.82) is 0 Å². The second kappa shape index (κ2) is 15.5. The maximum Gasteiger partial charge on any atom is 4.00 e. The summed E-state index contributed by atoms with van der Waals surface area (Å²) in [6.45, 7) is 11.0. The summed E-state index contributed by atoms with van der Waals surface area (Å²) >= 11 is 0. The summed E-state index contributed by atoms with van der Waals surface area (Å²) in [4.78, 5) is 0. The fourth-order valence-electron chi connectivity index (χ4n) is 1.60. The minimum Gasteiger partial charge on any atom is -0.675 e. The first-order valence-corrected chi connectivity index (χ1v) is 10.6. The van der Waals surface area contributed by atoms with Crippen molar-refractivity contribution in [3.05, 3.63) is 41.5 Å². The molecule has 0 spiro atoms. The van der Waals surface area contributed by atoms with E-state index in [1.165, 1.54) is 0 Å². The topological polar surface area (TPSA) is 71.4 Å². The smallest absolute Gasteiger partial charge is 0.675 e. The van der Waals surface area contributed by atoms with Crippen LogP contribution in [0.2, 0.25) is 0 Å². The van der Waals surface area contributed by atoms with E-state index in [1.54, 1.807) is 0 Å². The van der Waals surface area contributed by atoms with Crippen LogP contribution in [0.25, 0.3) is 17.2 Å². The zero-order valence-electron chi connectivity index (χ0n) is 17.9. The zero-order chi connectivity index (χ0) is 25.1. The van der Waals surface area contributed by atoms with Crippen LogP contribution in [0, 0.1) is 0 Å². The van der Waals surface area contributed by atoms with E-state index < -0.39 is 30.7 Å². The molecule has 0 fully saturated rings. The minimum absolute atomic E-state index is 0. The van der Waals surface area contributed by atoms with Gasteiger partial charge in [-0.15, -0.1) is 23.3 Å². The number of rotatable bonds is 1. The molecule has 0 aliphatic heterocycles. The Hall–Kier alpha value is -0.313. The molecule has 0 unspecified atom stereocenters. The van der Waals surface area contributed by atoms with Gasteiger partial charge >= 0.3 is 51.3 Å². The molecule has 3 nitrogen and oxygen atoms in total. The summed E-state index contributed by atoms with van der Waals surface area (Å²) < 4.78 is 113. The summed E-state index contributed by atoms with van der Waals surface area (Å²) in [7, 11) is -7.72. The number of nitrogens with one attached hydrogen (secondary N) is 3. The first-order chi connectivity index (χ1) is 13.1. The van der Waals surface area contributed by atoms with E-state index in [1.807, 2.05) is 41.5 Å². The van der Waals surface area contributed by atoms with Gasteiger partial charge in [0.1, 0.15) is 0 Å². The molecule has 14 heteroatoms. The molecule has 0 aliphatic rings. The van der Waals surface area contributed by atoms with Crippen LogP contribution in [0.3, 0.4) is 0 Å². The van der Waals surface area contributed by atoms with Gasteiger partial charge in [0.05, 0.1) is 0 Å². The van der Waals surface area contributed by atoms with Gasteiger partial charge in [0.15, 0.2) is 0 Å². The molecule has 31 heavy (non-hydrogen) atoms. The maximum atomic E-state index is 12.6. The van der Waals surface area contributed by atoms with Gasteiger partial charge in [0.2, 0.25) is 0 Å². The van der Waals surface area contributed by atoms with Crippen LogP contribution in [0.1, 0.15) is 41.5 Å². The Kier molecular flexibility index (Phi) is 19.0. The van der Waals surface area contributed by atoms with Gasteiger partial charge in [0.25, 0.3) is 0 Å². The second-order valence-electron chi connectivity index (χ2n) is 6.88. The first kappa shape index (κ1) is 38.0. The number of halogens is 9. The van der Waals surface area contributed by atoms with Crippen LogP contribution in [0.4, 0.5) is 39.5 Å². The van der Waals surface area contributed by atoms with Crippen molar-refractivity contribution in [2.45, 2.75) is 77.1 Å². The molecular formula is C17H28F9HfN3Si. The average molecular weight is 652 g/mol. The Balaban J connectivity index is -0.000000232. The van der Waals surface area contributed by atoms with Crippen LogP contribution in [-0.2, 0) is 25.8 Å². The first-order valence-electron chi connectivity index (χ1n) is 8.61. The largest absolute Gasteiger partial charge is 4.00 e. The third-order valence-corrected chi connectivity index (χ3v) is 6.12. The van der Waals surface area contributed by atoms with Gasteiger partial charge in [-0.05, 0) is 0 Å². The van der Waals surface area contributed by atoms with Crippen LogP contribution in [0.15, 0.2) is 24.3 Å². The van der Waals surface area contributed by atoms with Gasteiger partial charge in [-0.25, -0.2) is 12.1 Å². The maximum absolute atomic E-state index is 12.6. The Morgan fingerprint density at radius 3 is 0.871 bits per heavy atom. The van der Waals surface area contributed by atoms with Crippen molar-refractivity contribution in [3.63, 3.8) is 0 Å². The van der Waals surface area contributed by atoms with Crippen LogP contribution in [-0.4, -0.2) is 43.6 Å². The van der Waals surface area contributed by atoms with E-state index >= 15 is 0 Å². The van der Waals surface area contributed by atoms with Crippen LogP contribution in [0.5, 0.6) is 0 Å². The molecule has 0 saturated heterocycles. The van der Waals surface area contributed by atoms with Gasteiger partial charge in [-0.2, -0.15) is 51.6 Å². The van der Waals surface area contributed by atoms with Crippen molar-refractivity contribution < 1.29 is 65.4 Å². The molecule has 0 amide bonds. The molecule has 0 heterocycles. The van der Waals surface area contributed by atoms with Crippen LogP contribution < -0.4 is 5.19 Å². The Bertz CT molecular complexity index is 482. The Labute approximate surface area is 197 Å². The van der Waals surface area contributed by atoms with E-state index in [-0.39, 0.29) is 56.1 Å². The third-order valence-electron chi connectivity index (χ3n) is 2.37. The van der Waals surface area contributed by atoms with Gasteiger partial charge in [-0.3, -0.25) is 0 Å². The molecule has 1 rings (SSSR count). The van der Waals surface area contributed by atoms with E-state index in [0.29, 0.717) is 12.1 Å².